The Bertz CT molecular complexity index is 857. The number of aryl methyl sites for hydroxylation is 2. The van der Waals surface area contributed by atoms with Crippen molar-refractivity contribution in [3.05, 3.63) is 75.9 Å². The van der Waals surface area contributed by atoms with E-state index in [4.69, 9.17) is 0 Å². The lowest BCUT2D eigenvalue weighted by atomic mass is 9.82. The zero-order valence-corrected chi connectivity index (χ0v) is 14.6. The molecule has 3 nitrogen and oxygen atoms in total. The Morgan fingerprint density at radius 1 is 0.840 bits per heavy atom. The van der Waals surface area contributed by atoms with Crippen molar-refractivity contribution < 1.29 is 14.7 Å². The van der Waals surface area contributed by atoms with Crippen molar-refractivity contribution in [2.45, 2.75) is 39.5 Å². The van der Waals surface area contributed by atoms with Crippen LogP contribution in [0.4, 0.5) is 0 Å². The van der Waals surface area contributed by atoms with E-state index in [2.05, 4.69) is 31.2 Å². The van der Waals surface area contributed by atoms with Crippen LogP contribution in [-0.2, 0) is 12.8 Å². The molecule has 0 saturated carbocycles. The van der Waals surface area contributed by atoms with Crippen molar-refractivity contribution in [3.8, 4) is 5.75 Å². The highest BCUT2D eigenvalue weighted by Crippen LogP contribution is 2.33. The average molecular weight is 334 g/mol. The van der Waals surface area contributed by atoms with E-state index < -0.39 is 0 Å². The van der Waals surface area contributed by atoms with E-state index >= 15 is 0 Å². The van der Waals surface area contributed by atoms with Crippen molar-refractivity contribution in [3.63, 3.8) is 0 Å². The van der Waals surface area contributed by atoms with Crippen LogP contribution in [-0.4, -0.2) is 16.7 Å². The number of allylic oxidation sites excluding steroid dienone is 2. The molecule has 2 aromatic carbocycles. The molecule has 0 heterocycles. The number of rotatable bonds is 5. The van der Waals surface area contributed by atoms with Crippen LogP contribution >= 0.6 is 0 Å². The van der Waals surface area contributed by atoms with Crippen molar-refractivity contribution in [2.24, 2.45) is 0 Å². The summed E-state index contributed by atoms with van der Waals surface area (Å²) in [5.41, 5.74) is 3.90. The molecule has 128 valence electrons. The van der Waals surface area contributed by atoms with E-state index in [-0.39, 0.29) is 22.9 Å². The molecule has 2 aromatic rings. The van der Waals surface area contributed by atoms with Crippen LogP contribution in [0.5, 0.6) is 5.75 Å². The number of carbonyl (C=O) groups is 2. The first-order valence-corrected chi connectivity index (χ1v) is 8.72. The molecule has 1 N–H and O–H groups in total. The zero-order valence-electron chi connectivity index (χ0n) is 14.6. The fourth-order valence-corrected chi connectivity index (χ4v) is 3.36. The lowest BCUT2D eigenvalue weighted by Crippen LogP contribution is -2.21. The standard InChI is InChI=1S/C22H22O3/c1-3-5-15-8-10-16(11-9-15)12-13-17-14(2)21(24)18-6-4-7-19(23)20(18)22(17)25/h4,6-11,23H,3,5,12-13H2,1-2H3. The van der Waals surface area contributed by atoms with Gasteiger partial charge in [0.2, 0.25) is 0 Å². The molecule has 0 unspecified atom stereocenters. The molecule has 3 rings (SSSR count). The maximum Gasteiger partial charge on any atom is 0.193 e. The average Bonchev–Trinajstić information content (AvgIpc) is 2.61. The highest BCUT2D eigenvalue weighted by atomic mass is 16.3. The normalized spacial score (nSPS) is 14.0. The molecule has 25 heavy (non-hydrogen) atoms. The highest BCUT2D eigenvalue weighted by molar-refractivity contribution is 6.27. The summed E-state index contributed by atoms with van der Waals surface area (Å²) in [7, 11) is 0. The van der Waals surface area contributed by atoms with Crippen molar-refractivity contribution in [1.82, 2.24) is 0 Å². The lowest BCUT2D eigenvalue weighted by molar-refractivity contribution is 0.0969. The fraction of sp³-hybridized carbons (Fsp3) is 0.273. The van der Waals surface area contributed by atoms with Gasteiger partial charge in [0.1, 0.15) is 5.75 Å². The highest BCUT2D eigenvalue weighted by Gasteiger charge is 2.31. The number of benzene rings is 2. The minimum Gasteiger partial charge on any atom is -0.507 e. The van der Waals surface area contributed by atoms with Crippen LogP contribution in [0.2, 0.25) is 0 Å². The van der Waals surface area contributed by atoms with Gasteiger partial charge >= 0.3 is 0 Å². The maximum absolute atomic E-state index is 12.8. The first-order chi connectivity index (χ1) is 12.0. The summed E-state index contributed by atoms with van der Waals surface area (Å²) in [5.74, 6) is -0.517. The van der Waals surface area contributed by atoms with Crippen LogP contribution in [0.25, 0.3) is 0 Å². The van der Waals surface area contributed by atoms with Gasteiger partial charge in [0, 0.05) is 16.7 Å². The smallest absolute Gasteiger partial charge is 0.193 e. The molecule has 0 bridgehead atoms. The molecule has 0 radical (unpaired) electrons. The van der Waals surface area contributed by atoms with Crippen molar-refractivity contribution in [1.29, 1.82) is 0 Å². The van der Waals surface area contributed by atoms with Gasteiger partial charge in [0.15, 0.2) is 11.6 Å². The molecular formula is C22H22O3. The van der Waals surface area contributed by atoms with E-state index in [1.807, 2.05) is 0 Å². The number of fused-ring (bicyclic) bond motifs is 1. The molecule has 3 heteroatoms. The minimum atomic E-state index is -0.229. The Morgan fingerprint density at radius 3 is 2.12 bits per heavy atom. The minimum absolute atomic E-state index is 0.121. The number of hydrogen-bond donors (Lipinski definition) is 1. The molecular weight excluding hydrogens is 312 g/mol. The van der Waals surface area contributed by atoms with E-state index in [9.17, 15) is 14.7 Å². The molecule has 0 spiro atoms. The zero-order chi connectivity index (χ0) is 18.0. The Balaban J connectivity index is 1.82. The summed E-state index contributed by atoms with van der Waals surface area (Å²) in [6.07, 6.45) is 3.37. The molecule has 0 aromatic heterocycles. The molecule has 0 saturated heterocycles. The van der Waals surface area contributed by atoms with E-state index in [1.54, 1.807) is 19.1 Å². The Morgan fingerprint density at radius 2 is 1.48 bits per heavy atom. The molecule has 0 aliphatic heterocycles. The topological polar surface area (TPSA) is 54.4 Å². The number of carbonyl (C=O) groups excluding carboxylic acids is 2. The Hall–Kier alpha value is -2.68. The van der Waals surface area contributed by atoms with E-state index in [0.29, 0.717) is 29.6 Å². The molecule has 0 amide bonds. The monoisotopic (exact) mass is 334 g/mol. The van der Waals surface area contributed by atoms with Gasteiger partial charge in [-0.3, -0.25) is 9.59 Å². The van der Waals surface area contributed by atoms with Crippen LogP contribution in [0, 0.1) is 0 Å². The molecule has 1 aliphatic rings. The van der Waals surface area contributed by atoms with Crippen molar-refractivity contribution in [2.75, 3.05) is 0 Å². The third-order valence-corrected chi connectivity index (χ3v) is 4.81. The number of phenolic OH excluding ortho intramolecular Hbond substituents is 1. The number of ketones is 2. The van der Waals surface area contributed by atoms with Crippen LogP contribution in [0.1, 0.15) is 58.5 Å². The third-order valence-electron chi connectivity index (χ3n) is 4.81. The van der Waals surface area contributed by atoms with Crippen molar-refractivity contribution >= 4 is 11.6 Å². The summed E-state index contributed by atoms with van der Waals surface area (Å²) in [6.45, 7) is 3.86. The summed E-state index contributed by atoms with van der Waals surface area (Å²) in [5, 5.41) is 10.0. The number of aromatic hydroxyl groups is 1. The van der Waals surface area contributed by atoms with Gasteiger partial charge < -0.3 is 5.11 Å². The predicted molar refractivity (Wildman–Crippen MR) is 98.2 cm³/mol. The Kier molecular flexibility index (Phi) is 4.84. The number of phenols is 1. The summed E-state index contributed by atoms with van der Waals surface area (Å²) in [4.78, 5) is 25.3. The number of Topliss-reactive ketones (excluding diaryl/α,β-unsaturated/α-hetero) is 2. The van der Waals surface area contributed by atoms with Gasteiger partial charge in [-0.25, -0.2) is 0 Å². The first kappa shape index (κ1) is 17.2. The second-order valence-electron chi connectivity index (χ2n) is 6.53. The Labute approximate surface area is 148 Å². The van der Waals surface area contributed by atoms with Gasteiger partial charge in [-0.05, 0) is 43.4 Å². The molecule has 0 fully saturated rings. The second kappa shape index (κ2) is 7.06. The largest absolute Gasteiger partial charge is 0.507 e. The number of hydrogen-bond acceptors (Lipinski definition) is 3. The predicted octanol–water partition coefficient (Wildman–Crippen LogP) is 4.67. The first-order valence-electron chi connectivity index (χ1n) is 8.72. The third kappa shape index (κ3) is 3.27. The maximum atomic E-state index is 12.8. The van der Waals surface area contributed by atoms with E-state index in [0.717, 1.165) is 18.4 Å². The molecule has 1 aliphatic carbocycles. The summed E-state index contributed by atoms with van der Waals surface area (Å²) < 4.78 is 0. The van der Waals surface area contributed by atoms with Gasteiger partial charge in [-0.15, -0.1) is 0 Å². The van der Waals surface area contributed by atoms with E-state index in [1.165, 1.54) is 11.6 Å². The van der Waals surface area contributed by atoms with Crippen LogP contribution < -0.4 is 0 Å². The summed E-state index contributed by atoms with van der Waals surface area (Å²) in [6, 6.07) is 13.1. The molecule has 0 atom stereocenters. The van der Waals surface area contributed by atoms with Gasteiger partial charge in [-0.1, -0.05) is 49.7 Å². The SMILES string of the molecule is CCCc1ccc(CCC2=C(C)C(=O)c3cccc(O)c3C2=O)cc1. The summed E-state index contributed by atoms with van der Waals surface area (Å²) >= 11 is 0. The second-order valence-corrected chi connectivity index (χ2v) is 6.53. The van der Waals surface area contributed by atoms with Gasteiger partial charge in [0.25, 0.3) is 0 Å². The van der Waals surface area contributed by atoms with Gasteiger partial charge in [0.05, 0.1) is 5.56 Å². The van der Waals surface area contributed by atoms with Crippen LogP contribution in [0.15, 0.2) is 53.6 Å². The van der Waals surface area contributed by atoms with Crippen LogP contribution in [0.3, 0.4) is 0 Å². The lowest BCUT2D eigenvalue weighted by Gasteiger charge is -2.20. The quantitative estimate of drug-likeness (QED) is 0.864. The fourth-order valence-electron chi connectivity index (χ4n) is 3.36. The van der Waals surface area contributed by atoms with Gasteiger partial charge in [-0.2, -0.15) is 0 Å².